The number of fused-ring (bicyclic) bond motifs is 3. The highest BCUT2D eigenvalue weighted by Crippen LogP contribution is 2.44. The summed E-state index contributed by atoms with van der Waals surface area (Å²) in [6, 6.07) is -0.717. The number of urea groups is 1. The van der Waals surface area contributed by atoms with Gasteiger partial charge in [0.05, 0.1) is 24.2 Å². The minimum Gasteiger partial charge on any atom is -0.477 e. The monoisotopic (exact) mass is 430 g/mol. The molecule has 0 fully saturated rings. The molecule has 3 aliphatic rings. The maximum absolute atomic E-state index is 13.1. The Bertz CT molecular complexity index is 1180. The van der Waals surface area contributed by atoms with Gasteiger partial charge in [-0.3, -0.25) is 4.98 Å². The molecule has 3 heterocycles. The maximum Gasteiger partial charge on any atom is 0.354 e. The summed E-state index contributed by atoms with van der Waals surface area (Å²) in [5.74, 6) is 0.331. The first-order valence-electron chi connectivity index (χ1n) is 10.4. The lowest BCUT2D eigenvalue weighted by molar-refractivity contribution is 0.224. The molecule has 9 nitrogen and oxygen atoms in total. The van der Waals surface area contributed by atoms with E-state index in [0.717, 1.165) is 66.7 Å². The Morgan fingerprint density at radius 2 is 2.13 bits per heavy atom. The van der Waals surface area contributed by atoms with E-state index in [1.165, 1.54) is 6.20 Å². The van der Waals surface area contributed by atoms with Gasteiger partial charge in [0.25, 0.3) is 0 Å². The van der Waals surface area contributed by atoms with Crippen molar-refractivity contribution in [2.24, 2.45) is 9.50 Å². The third kappa shape index (κ3) is 3.09. The number of anilines is 1. The highest BCUT2D eigenvalue weighted by molar-refractivity contribution is 7.91. The van der Waals surface area contributed by atoms with Crippen LogP contribution in [0.5, 0.6) is 5.88 Å². The van der Waals surface area contributed by atoms with Gasteiger partial charge in [-0.15, -0.1) is 4.36 Å². The molecule has 0 saturated carbocycles. The molecule has 1 aliphatic heterocycles. The van der Waals surface area contributed by atoms with Crippen molar-refractivity contribution < 1.29 is 13.7 Å². The lowest BCUT2D eigenvalue weighted by atomic mass is 9.90. The normalized spacial score (nSPS) is 20.5. The molecule has 2 aliphatic carbocycles. The summed E-state index contributed by atoms with van der Waals surface area (Å²) in [4.78, 5) is 17.9. The Balaban J connectivity index is 1.51. The van der Waals surface area contributed by atoms with Gasteiger partial charge in [-0.05, 0) is 43.2 Å². The highest BCUT2D eigenvalue weighted by atomic mass is 32.2. The van der Waals surface area contributed by atoms with Gasteiger partial charge < -0.3 is 10.1 Å². The number of nitrogens with zero attached hydrogens (tertiary/aromatic N) is 4. The number of carbonyl (C=O) groups is 1. The molecule has 3 N–H and O–H groups in total. The number of aryl methyl sites for hydroxylation is 2. The van der Waals surface area contributed by atoms with Crippen LogP contribution in [0.3, 0.4) is 0 Å². The van der Waals surface area contributed by atoms with Gasteiger partial charge in [0.2, 0.25) is 5.88 Å². The number of pyridine rings is 1. The molecule has 5 rings (SSSR count). The molecular formula is C20H26N6O3S. The van der Waals surface area contributed by atoms with Crippen molar-refractivity contribution in [2.45, 2.75) is 69.2 Å². The predicted octanol–water partition coefficient (Wildman–Crippen LogP) is 2.71. The van der Waals surface area contributed by atoms with E-state index >= 15 is 0 Å². The fourth-order valence-corrected chi connectivity index (χ4v) is 5.68. The third-order valence-electron chi connectivity index (χ3n) is 6.24. The molecule has 0 radical (unpaired) electrons. The number of nitrogens with one attached hydrogen (secondary N) is 1. The number of nitrogens with two attached hydrogens (primary N) is 1. The van der Waals surface area contributed by atoms with E-state index in [2.05, 4.69) is 28.6 Å². The fraction of sp³-hybridized carbons (Fsp3) is 0.550. The van der Waals surface area contributed by atoms with Crippen molar-refractivity contribution in [2.75, 3.05) is 11.9 Å². The van der Waals surface area contributed by atoms with Gasteiger partial charge in [-0.1, -0.05) is 13.8 Å². The van der Waals surface area contributed by atoms with Crippen molar-refractivity contribution in [1.29, 1.82) is 0 Å². The van der Waals surface area contributed by atoms with Crippen LogP contribution in [-0.2, 0) is 41.1 Å². The number of amides is 2. The SMILES string of the molecule is CC1(C)CCc2c1nc1c(c2NC(=O)N=[S@@](N)(=O)c2cnn3c2OCCC3)CCC1. The van der Waals surface area contributed by atoms with Crippen LogP contribution >= 0.6 is 0 Å². The zero-order chi connectivity index (χ0) is 21.1. The quantitative estimate of drug-likeness (QED) is 0.758. The lowest BCUT2D eigenvalue weighted by Gasteiger charge is -2.20. The van der Waals surface area contributed by atoms with E-state index in [4.69, 9.17) is 14.9 Å². The zero-order valence-corrected chi connectivity index (χ0v) is 18.0. The van der Waals surface area contributed by atoms with Gasteiger partial charge in [0.1, 0.15) is 4.90 Å². The topological polar surface area (TPSA) is 124 Å². The van der Waals surface area contributed by atoms with Crippen LogP contribution in [0.2, 0.25) is 0 Å². The van der Waals surface area contributed by atoms with Crippen LogP contribution < -0.4 is 15.2 Å². The number of hydrogen-bond acceptors (Lipinski definition) is 5. The summed E-state index contributed by atoms with van der Waals surface area (Å²) >= 11 is 0. The Morgan fingerprint density at radius 1 is 1.30 bits per heavy atom. The molecule has 1 atom stereocenters. The highest BCUT2D eigenvalue weighted by Gasteiger charge is 2.36. The van der Waals surface area contributed by atoms with Crippen molar-refractivity contribution in [3.8, 4) is 5.88 Å². The molecular weight excluding hydrogens is 404 g/mol. The molecule has 10 heteroatoms. The van der Waals surface area contributed by atoms with Gasteiger partial charge in [0.15, 0.2) is 9.92 Å². The van der Waals surface area contributed by atoms with Gasteiger partial charge in [0, 0.05) is 24.1 Å². The smallest absolute Gasteiger partial charge is 0.354 e. The largest absolute Gasteiger partial charge is 0.477 e. The van der Waals surface area contributed by atoms with Crippen molar-refractivity contribution in [3.05, 3.63) is 28.7 Å². The number of rotatable bonds is 2. The summed E-state index contributed by atoms with van der Waals surface area (Å²) in [6.45, 7) is 5.51. The fourth-order valence-electron chi connectivity index (χ4n) is 4.68. The van der Waals surface area contributed by atoms with Crippen LogP contribution in [0.4, 0.5) is 10.5 Å². The van der Waals surface area contributed by atoms with E-state index in [0.29, 0.717) is 19.0 Å². The maximum atomic E-state index is 13.1. The van der Waals surface area contributed by atoms with Crippen LogP contribution in [0.1, 0.15) is 55.6 Å². The molecule has 2 amide bonds. The Labute approximate surface area is 175 Å². The lowest BCUT2D eigenvalue weighted by Crippen LogP contribution is -2.21. The van der Waals surface area contributed by atoms with E-state index < -0.39 is 15.9 Å². The Morgan fingerprint density at radius 3 is 2.97 bits per heavy atom. The minimum absolute atomic E-state index is 0.0282. The van der Waals surface area contributed by atoms with Crippen LogP contribution in [0, 0.1) is 0 Å². The average molecular weight is 431 g/mol. The van der Waals surface area contributed by atoms with Gasteiger partial charge >= 0.3 is 6.03 Å². The van der Waals surface area contributed by atoms with Gasteiger partial charge in [-0.25, -0.2) is 18.8 Å². The van der Waals surface area contributed by atoms with E-state index in [9.17, 15) is 9.00 Å². The van der Waals surface area contributed by atoms with E-state index in [-0.39, 0.29) is 10.3 Å². The second-order valence-electron chi connectivity index (χ2n) is 8.81. The number of aromatic nitrogens is 3. The Hall–Kier alpha value is -2.46. The standard InChI is InChI=1S/C20H26N6O3S/c1-20(2)8-7-13-16(12-5-3-6-14(12)23-17(13)20)24-19(27)25-30(21,28)15-11-22-26-9-4-10-29-18(15)26/h11H,3-10H2,1-2H3,(H3,21,23,24,25,27,28)/t30-/m1/s1. The first kappa shape index (κ1) is 19.5. The number of ether oxygens (including phenoxy) is 1. The molecule has 160 valence electrons. The molecule has 2 aromatic heterocycles. The van der Waals surface area contributed by atoms with E-state index in [1.54, 1.807) is 4.68 Å². The molecule has 30 heavy (non-hydrogen) atoms. The molecule has 0 spiro atoms. The molecule has 0 aromatic carbocycles. The number of carbonyl (C=O) groups excluding carboxylic acids is 1. The van der Waals surface area contributed by atoms with Crippen LogP contribution in [-0.4, -0.2) is 31.6 Å². The zero-order valence-electron chi connectivity index (χ0n) is 17.2. The van der Waals surface area contributed by atoms with Crippen LogP contribution in [0.25, 0.3) is 0 Å². The summed E-state index contributed by atoms with van der Waals surface area (Å²) in [7, 11) is -3.49. The Kier molecular flexibility index (Phi) is 4.41. The summed E-state index contributed by atoms with van der Waals surface area (Å²) in [5, 5.41) is 13.0. The first-order chi connectivity index (χ1) is 14.3. The number of hydrogen-bond donors (Lipinski definition) is 2. The third-order valence-corrected chi connectivity index (χ3v) is 7.59. The summed E-state index contributed by atoms with van der Waals surface area (Å²) in [5.41, 5.74) is 5.00. The molecule has 2 aromatic rings. The van der Waals surface area contributed by atoms with Crippen molar-refractivity contribution in [3.63, 3.8) is 0 Å². The predicted molar refractivity (Wildman–Crippen MR) is 112 cm³/mol. The van der Waals surface area contributed by atoms with Crippen molar-refractivity contribution in [1.82, 2.24) is 14.8 Å². The van der Waals surface area contributed by atoms with E-state index in [1.807, 2.05) is 0 Å². The first-order valence-corrected chi connectivity index (χ1v) is 11.9. The molecule has 0 unspecified atom stereocenters. The molecule has 0 bridgehead atoms. The average Bonchev–Trinajstić information content (AvgIpc) is 3.39. The summed E-state index contributed by atoms with van der Waals surface area (Å²) in [6.07, 6.45) is 6.81. The second-order valence-corrected chi connectivity index (χ2v) is 10.6. The summed E-state index contributed by atoms with van der Waals surface area (Å²) < 4.78 is 24.1. The van der Waals surface area contributed by atoms with Crippen molar-refractivity contribution >= 4 is 21.6 Å². The van der Waals surface area contributed by atoms with Crippen LogP contribution in [0.15, 0.2) is 15.5 Å². The molecule has 0 saturated heterocycles. The second kappa shape index (κ2) is 6.78. The van der Waals surface area contributed by atoms with Gasteiger partial charge in [-0.2, -0.15) is 5.10 Å². The minimum atomic E-state index is -3.49.